The SMILES string of the molecule is CNS(=O)(=O)c1cc(N)ccc1Oc1ccc(Br)cc1Br. The molecule has 8 heteroatoms. The monoisotopic (exact) mass is 434 g/mol. The van der Waals surface area contributed by atoms with Gasteiger partial charge in [-0.2, -0.15) is 0 Å². The van der Waals surface area contributed by atoms with Gasteiger partial charge in [0.2, 0.25) is 10.0 Å². The number of halogens is 2. The van der Waals surface area contributed by atoms with Crippen molar-refractivity contribution in [1.82, 2.24) is 4.72 Å². The largest absolute Gasteiger partial charge is 0.455 e. The summed E-state index contributed by atoms with van der Waals surface area (Å²) >= 11 is 6.71. The van der Waals surface area contributed by atoms with E-state index in [-0.39, 0.29) is 10.6 Å². The highest BCUT2D eigenvalue weighted by atomic mass is 79.9. The number of benzene rings is 2. The van der Waals surface area contributed by atoms with Crippen LogP contribution in [0.15, 0.2) is 50.2 Å². The van der Waals surface area contributed by atoms with Crippen LogP contribution in [0.25, 0.3) is 0 Å². The van der Waals surface area contributed by atoms with Crippen molar-refractivity contribution in [3.05, 3.63) is 45.3 Å². The third-order valence-corrected chi connectivity index (χ3v) is 5.19. The topological polar surface area (TPSA) is 81.4 Å². The van der Waals surface area contributed by atoms with Gasteiger partial charge in [0, 0.05) is 10.2 Å². The summed E-state index contributed by atoms with van der Waals surface area (Å²) in [4.78, 5) is -0.0141. The van der Waals surface area contributed by atoms with Gasteiger partial charge < -0.3 is 10.5 Å². The van der Waals surface area contributed by atoms with Gasteiger partial charge in [0.15, 0.2) is 0 Å². The Kier molecular flexibility index (Phi) is 4.92. The molecule has 0 atom stereocenters. The normalized spacial score (nSPS) is 11.4. The highest BCUT2D eigenvalue weighted by molar-refractivity contribution is 9.11. The fraction of sp³-hybridized carbons (Fsp3) is 0.0769. The number of ether oxygens (including phenoxy) is 1. The zero-order valence-corrected chi connectivity index (χ0v) is 14.9. The van der Waals surface area contributed by atoms with Crippen LogP contribution in [0.3, 0.4) is 0 Å². The fourth-order valence-electron chi connectivity index (χ4n) is 1.61. The van der Waals surface area contributed by atoms with Crippen molar-refractivity contribution >= 4 is 47.6 Å². The lowest BCUT2D eigenvalue weighted by Crippen LogP contribution is -2.19. The van der Waals surface area contributed by atoms with Crippen LogP contribution in [0.4, 0.5) is 5.69 Å². The lowest BCUT2D eigenvalue weighted by molar-refractivity contribution is 0.464. The third-order valence-electron chi connectivity index (χ3n) is 2.64. The average molecular weight is 436 g/mol. The number of nitrogen functional groups attached to an aromatic ring is 1. The first-order valence-corrected chi connectivity index (χ1v) is 8.86. The standard InChI is InChI=1S/C13H12Br2N2O3S/c1-17-21(18,19)13-7-9(16)3-5-12(13)20-11-4-2-8(14)6-10(11)15/h2-7,17H,16H2,1H3. The summed E-state index contributed by atoms with van der Waals surface area (Å²) in [5.74, 6) is 0.692. The molecule has 0 fully saturated rings. The number of sulfonamides is 1. The van der Waals surface area contributed by atoms with Gasteiger partial charge in [-0.05, 0) is 59.4 Å². The van der Waals surface area contributed by atoms with Crippen molar-refractivity contribution in [2.75, 3.05) is 12.8 Å². The first-order valence-electron chi connectivity index (χ1n) is 5.79. The Bertz CT molecular complexity index is 779. The molecule has 0 heterocycles. The number of hydrogen-bond acceptors (Lipinski definition) is 4. The van der Waals surface area contributed by atoms with Crippen LogP contribution >= 0.6 is 31.9 Å². The Morgan fingerprint density at radius 1 is 1.10 bits per heavy atom. The minimum absolute atomic E-state index is 0.0141. The summed E-state index contributed by atoms with van der Waals surface area (Å²) in [5, 5.41) is 0. The van der Waals surface area contributed by atoms with Crippen molar-refractivity contribution in [3.8, 4) is 11.5 Å². The van der Waals surface area contributed by atoms with Gasteiger partial charge in [0.05, 0.1) is 4.47 Å². The predicted octanol–water partition coefficient (Wildman–Crippen LogP) is 3.49. The van der Waals surface area contributed by atoms with Crippen LogP contribution in [-0.4, -0.2) is 15.5 Å². The predicted molar refractivity (Wildman–Crippen MR) is 89.0 cm³/mol. The van der Waals surface area contributed by atoms with E-state index >= 15 is 0 Å². The second kappa shape index (κ2) is 6.35. The van der Waals surface area contributed by atoms with Crippen LogP contribution in [0.2, 0.25) is 0 Å². The maximum atomic E-state index is 12.0. The number of anilines is 1. The average Bonchev–Trinajstić information content (AvgIpc) is 2.43. The lowest BCUT2D eigenvalue weighted by atomic mass is 10.3. The Balaban J connectivity index is 2.50. The lowest BCUT2D eigenvalue weighted by Gasteiger charge is -2.13. The smallest absolute Gasteiger partial charge is 0.244 e. The molecular formula is C13H12Br2N2O3S. The van der Waals surface area contributed by atoms with Gasteiger partial charge in [0.25, 0.3) is 0 Å². The summed E-state index contributed by atoms with van der Waals surface area (Å²) in [5.41, 5.74) is 6.00. The molecule has 0 saturated carbocycles. The van der Waals surface area contributed by atoms with Crippen molar-refractivity contribution in [1.29, 1.82) is 0 Å². The number of hydrogen-bond donors (Lipinski definition) is 2. The molecular weight excluding hydrogens is 424 g/mol. The molecule has 2 aromatic rings. The summed E-state index contributed by atoms with van der Waals surface area (Å²) in [6.45, 7) is 0. The first-order chi connectivity index (χ1) is 9.83. The van der Waals surface area contributed by atoms with Crippen LogP contribution in [0, 0.1) is 0 Å². The molecule has 0 saturated heterocycles. The van der Waals surface area contributed by atoms with E-state index in [1.165, 1.54) is 19.2 Å². The maximum absolute atomic E-state index is 12.0. The van der Waals surface area contributed by atoms with Gasteiger partial charge in [-0.3, -0.25) is 0 Å². The van der Waals surface area contributed by atoms with E-state index in [4.69, 9.17) is 10.5 Å². The fourth-order valence-corrected chi connectivity index (χ4v) is 3.62. The highest BCUT2D eigenvalue weighted by Gasteiger charge is 2.19. The first kappa shape index (κ1) is 16.3. The quantitative estimate of drug-likeness (QED) is 0.720. The van der Waals surface area contributed by atoms with Crippen molar-refractivity contribution in [2.24, 2.45) is 0 Å². The van der Waals surface area contributed by atoms with Crippen LogP contribution in [-0.2, 0) is 10.0 Å². The molecule has 0 aliphatic heterocycles. The Hall–Kier alpha value is -1.09. The van der Waals surface area contributed by atoms with Crippen molar-refractivity contribution in [2.45, 2.75) is 4.90 Å². The Morgan fingerprint density at radius 2 is 1.76 bits per heavy atom. The Labute approximate surface area is 139 Å². The molecule has 5 nitrogen and oxygen atoms in total. The molecule has 112 valence electrons. The molecule has 0 bridgehead atoms. The maximum Gasteiger partial charge on any atom is 0.244 e. The third kappa shape index (κ3) is 3.76. The second-order valence-corrected chi connectivity index (χ2v) is 7.72. The molecule has 3 N–H and O–H groups in total. The Morgan fingerprint density at radius 3 is 2.38 bits per heavy atom. The number of nitrogens with one attached hydrogen (secondary N) is 1. The molecule has 0 aromatic heterocycles. The zero-order valence-electron chi connectivity index (χ0n) is 10.9. The summed E-state index contributed by atoms with van der Waals surface area (Å²) in [7, 11) is -2.34. The second-order valence-electron chi connectivity index (χ2n) is 4.09. The molecule has 2 rings (SSSR count). The van der Waals surface area contributed by atoms with E-state index in [2.05, 4.69) is 36.6 Å². The van der Waals surface area contributed by atoms with Crippen LogP contribution in [0.1, 0.15) is 0 Å². The van der Waals surface area contributed by atoms with E-state index in [0.29, 0.717) is 15.9 Å². The molecule has 2 aromatic carbocycles. The van der Waals surface area contributed by atoms with E-state index in [1.807, 2.05) is 0 Å². The minimum Gasteiger partial charge on any atom is -0.455 e. The van der Waals surface area contributed by atoms with Gasteiger partial charge in [-0.1, -0.05) is 15.9 Å². The van der Waals surface area contributed by atoms with E-state index in [9.17, 15) is 8.42 Å². The molecule has 0 unspecified atom stereocenters. The van der Waals surface area contributed by atoms with Crippen molar-refractivity contribution < 1.29 is 13.2 Å². The summed E-state index contributed by atoms with van der Waals surface area (Å²) in [6, 6.07) is 9.78. The molecule has 21 heavy (non-hydrogen) atoms. The van der Waals surface area contributed by atoms with Gasteiger partial charge in [-0.15, -0.1) is 0 Å². The number of rotatable bonds is 4. The zero-order chi connectivity index (χ0) is 15.6. The van der Waals surface area contributed by atoms with Gasteiger partial charge in [0.1, 0.15) is 16.4 Å². The van der Waals surface area contributed by atoms with Crippen LogP contribution in [0.5, 0.6) is 11.5 Å². The number of nitrogens with two attached hydrogens (primary N) is 1. The van der Waals surface area contributed by atoms with Crippen LogP contribution < -0.4 is 15.2 Å². The van der Waals surface area contributed by atoms with E-state index in [1.54, 1.807) is 24.3 Å². The molecule has 0 aliphatic carbocycles. The molecule has 0 aliphatic rings. The molecule has 0 amide bonds. The van der Waals surface area contributed by atoms with E-state index < -0.39 is 10.0 Å². The van der Waals surface area contributed by atoms with Crippen molar-refractivity contribution in [3.63, 3.8) is 0 Å². The minimum atomic E-state index is -3.67. The van der Waals surface area contributed by atoms with Gasteiger partial charge in [-0.25, -0.2) is 13.1 Å². The van der Waals surface area contributed by atoms with Gasteiger partial charge >= 0.3 is 0 Å². The molecule has 0 spiro atoms. The van der Waals surface area contributed by atoms with E-state index in [0.717, 1.165) is 4.47 Å². The summed E-state index contributed by atoms with van der Waals surface area (Å²) in [6.07, 6.45) is 0. The molecule has 0 radical (unpaired) electrons. The highest BCUT2D eigenvalue weighted by Crippen LogP contribution is 2.35. The summed E-state index contributed by atoms with van der Waals surface area (Å²) < 4.78 is 33.6.